The van der Waals surface area contributed by atoms with Gasteiger partial charge >= 0.3 is 5.97 Å². The molecule has 1 aromatic rings. The van der Waals surface area contributed by atoms with Crippen molar-refractivity contribution in [2.45, 2.75) is 40.2 Å². The molecule has 0 unspecified atom stereocenters. The van der Waals surface area contributed by atoms with Crippen molar-refractivity contribution in [3.05, 3.63) is 16.1 Å². The van der Waals surface area contributed by atoms with Crippen molar-refractivity contribution in [3.8, 4) is 0 Å². The van der Waals surface area contributed by atoms with Crippen molar-refractivity contribution >= 4 is 23.2 Å². The average molecular weight is 284 g/mol. The van der Waals surface area contributed by atoms with Gasteiger partial charge in [-0.1, -0.05) is 13.8 Å². The fourth-order valence-electron chi connectivity index (χ4n) is 1.52. The molecule has 0 aliphatic carbocycles. The molecular weight excluding hydrogens is 264 g/mol. The number of aromatic nitrogens is 1. The number of aryl methyl sites for hydroxylation is 1. The highest BCUT2D eigenvalue weighted by molar-refractivity contribution is 7.11. The first-order chi connectivity index (χ1) is 8.82. The van der Waals surface area contributed by atoms with Gasteiger partial charge in [0, 0.05) is 0 Å². The van der Waals surface area contributed by atoms with Crippen LogP contribution in [0.1, 0.15) is 43.1 Å². The molecule has 1 heterocycles. The van der Waals surface area contributed by atoms with Gasteiger partial charge in [-0.05, 0) is 26.7 Å². The smallest absolute Gasteiger partial charge is 0.331 e. The minimum Gasteiger partial charge on any atom is -0.464 e. The molecule has 0 bridgehead atoms. The summed E-state index contributed by atoms with van der Waals surface area (Å²) in [7, 11) is 0. The third-order valence-corrected chi connectivity index (χ3v) is 4.11. The van der Waals surface area contributed by atoms with Crippen LogP contribution in [0.2, 0.25) is 0 Å². The van der Waals surface area contributed by atoms with Crippen molar-refractivity contribution in [2.75, 3.05) is 6.61 Å². The molecule has 0 saturated heterocycles. The normalized spacial score (nSPS) is 14.0. The van der Waals surface area contributed by atoms with E-state index >= 15 is 0 Å². The number of ether oxygens (including phenoxy) is 1. The summed E-state index contributed by atoms with van der Waals surface area (Å²) in [4.78, 5) is 28.8. The van der Waals surface area contributed by atoms with E-state index in [0.717, 1.165) is 0 Å². The SMILES string of the molecule is CCOC(=O)[C@](C)(NC(=O)c1scnc1C)C(C)C. The van der Waals surface area contributed by atoms with E-state index in [0.29, 0.717) is 10.6 Å². The fourth-order valence-corrected chi connectivity index (χ4v) is 2.22. The van der Waals surface area contributed by atoms with E-state index in [1.807, 2.05) is 13.8 Å². The molecule has 1 rings (SSSR count). The quantitative estimate of drug-likeness (QED) is 0.841. The summed E-state index contributed by atoms with van der Waals surface area (Å²) in [6, 6.07) is 0. The van der Waals surface area contributed by atoms with Crippen LogP contribution in [0.4, 0.5) is 0 Å². The third-order valence-electron chi connectivity index (χ3n) is 3.18. The van der Waals surface area contributed by atoms with Gasteiger partial charge in [0.2, 0.25) is 0 Å². The zero-order chi connectivity index (χ0) is 14.6. The maximum atomic E-state index is 12.2. The topological polar surface area (TPSA) is 68.3 Å². The molecule has 0 spiro atoms. The van der Waals surface area contributed by atoms with Gasteiger partial charge in [-0.15, -0.1) is 11.3 Å². The highest BCUT2D eigenvalue weighted by Gasteiger charge is 2.40. The van der Waals surface area contributed by atoms with Gasteiger partial charge in [-0.2, -0.15) is 0 Å². The van der Waals surface area contributed by atoms with Crippen LogP contribution in [-0.4, -0.2) is 29.0 Å². The Morgan fingerprint density at radius 3 is 2.58 bits per heavy atom. The number of rotatable bonds is 5. The first-order valence-electron chi connectivity index (χ1n) is 6.22. The molecule has 0 radical (unpaired) electrons. The van der Waals surface area contributed by atoms with E-state index in [4.69, 9.17) is 4.74 Å². The molecule has 6 heteroatoms. The lowest BCUT2D eigenvalue weighted by molar-refractivity contribution is -0.152. The van der Waals surface area contributed by atoms with Gasteiger partial charge in [0.1, 0.15) is 10.4 Å². The van der Waals surface area contributed by atoms with E-state index in [1.54, 1.807) is 26.3 Å². The number of esters is 1. The molecule has 5 nitrogen and oxygen atoms in total. The van der Waals surface area contributed by atoms with E-state index in [1.165, 1.54) is 11.3 Å². The molecular formula is C13H20N2O3S. The summed E-state index contributed by atoms with van der Waals surface area (Å²) in [5.74, 6) is -0.784. The summed E-state index contributed by atoms with van der Waals surface area (Å²) in [6.07, 6.45) is 0. The third kappa shape index (κ3) is 3.32. The predicted molar refractivity (Wildman–Crippen MR) is 74.2 cm³/mol. The van der Waals surface area contributed by atoms with Crippen LogP contribution in [0.15, 0.2) is 5.51 Å². The molecule has 0 saturated carbocycles. The monoisotopic (exact) mass is 284 g/mol. The number of hydrogen-bond donors (Lipinski definition) is 1. The highest BCUT2D eigenvalue weighted by atomic mass is 32.1. The largest absolute Gasteiger partial charge is 0.464 e. The summed E-state index contributed by atoms with van der Waals surface area (Å²) < 4.78 is 5.05. The van der Waals surface area contributed by atoms with Crippen molar-refractivity contribution in [3.63, 3.8) is 0 Å². The Balaban J connectivity index is 2.94. The van der Waals surface area contributed by atoms with Crippen LogP contribution < -0.4 is 5.32 Å². The second-order valence-corrected chi connectivity index (χ2v) is 5.65. The molecule has 1 amide bonds. The Bertz CT molecular complexity index is 470. The Kier molecular flexibility index (Phi) is 5.05. The standard InChI is InChI=1S/C13H20N2O3S/c1-6-18-12(17)13(5,8(2)3)15-11(16)10-9(4)14-7-19-10/h7-8H,6H2,1-5H3,(H,15,16)/t13-/m1/s1. The number of amides is 1. The van der Waals surface area contributed by atoms with Crippen LogP contribution >= 0.6 is 11.3 Å². The van der Waals surface area contributed by atoms with Crippen molar-refractivity contribution in [1.29, 1.82) is 0 Å². The first-order valence-corrected chi connectivity index (χ1v) is 7.10. The van der Waals surface area contributed by atoms with Crippen LogP contribution in [0.3, 0.4) is 0 Å². The summed E-state index contributed by atoms with van der Waals surface area (Å²) in [5, 5.41) is 2.78. The lowest BCUT2D eigenvalue weighted by atomic mass is 9.88. The van der Waals surface area contributed by atoms with E-state index in [9.17, 15) is 9.59 Å². The minimum atomic E-state index is -1.04. The van der Waals surface area contributed by atoms with Crippen molar-refractivity contribution in [1.82, 2.24) is 10.3 Å². The van der Waals surface area contributed by atoms with Gasteiger partial charge in [0.05, 0.1) is 17.8 Å². The van der Waals surface area contributed by atoms with E-state index in [-0.39, 0.29) is 18.4 Å². The average Bonchev–Trinajstić information content (AvgIpc) is 2.75. The lowest BCUT2D eigenvalue weighted by Crippen LogP contribution is -2.56. The maximum Gasteiger partial charge on any atom is 0.331 e. The fraction of sp³-hybridized carbons (Fsp3) is 0.615. The van der Waals surface area contributed by atoms with Crippen LogP contribution in [0.5, 0.6) is 0 Å². The molecule has 1 N–H and O–H groups in total. The summed E-state index contributed by atoms with van der Waals surface area (Å²) >= 11 is 1.26. The van der Waals surface area contributed by atoms with Crippen LogP contribution in [-0.2, 0) is 9.53 Å². The number of nitrogens with one attached hydrogen (secondary N) is 1. The predicted octanol–water partition coefficient (Wildman–Crippen LogP) is 2.16. The minimum absolute atomic E-state index is 0.0799. The second kappa shape index (κ2) is 6.14. The number of nitrogens with zero attached hydrogens (tertiary/aromatic N) is 1. The van der Waals surface area contributed by atoms with Gasteiger partial charge < -0.3 is 10.1 Å². The number of carbonyl (C=O) groups excluding carboxylic acids is 2. The zero-order valence-electron chi connectivity index (χ0n) is 11.9. The van der Waals surface area contributed by atoms with Gasteiger partial charge in [0.25, 0.3) is 5.91 Å². The molecule has 0 aliphatic rings. The number of carbonyl (C=O) groups is 2. The Hall–Kier alpha value is -1.43. The summed E-state index contributed by atoms with van der Waals surface area (Å²) in [5.41, 5.74) is 1.24. The highest BCUT2D eigenvalue weighted by Crippen LogP contribution is 2.21. The van der Waals surface area contributed by atoms with Crippen LogP contribution in [0, 0.1) is 12.8 Å². The first kappa shape index (κ1) is 15.6. The van der Waals surface area contributed by atoms with Gasteiger partial charge in [-0.25, -0.2) is 9.78 Å². The van der Waals surface area contributed by atoms with Gasteiger partial charge in [-0.3, -0.25) is 4.79 Å². The van der Waals surface area contributed by atoms with E-state index < -0.39 is 11.5 Å². The molecule has 19 heavy (non-hydrogen) atoms. The van der Waals surface area contributed by atoms with Crippen molar-refractivity contribution in [2.24, 2.45) is 5.92 Å². The number of hydrogen-bond acceptors (Lipinski definition) is 5. The van der Waals surface area contributed by atoms with Crippen molar-refractivity contribution < 1.29 is 14.3 Å². The zero-order valence-corrected chi connectivity index (χ0v) is 12.8. The Labute approximate surface area is 117 Å². The van der Waals surface area contributed by atoms with E-state index in [2.05, 4.69) is 10.3 Å². The molecule has 0 fully saturated rings. The van der Waals surface area contributed by atoms with Gasteiger partial charge in [0.15, 0.2) is 0 Å². The molecule has 106 valence electrons. The second-order valence-electron chi connectivity index (χ2n) is 4.80. The molecule has 0 aliphatic heterocycles. The molecule has 1 aromatic heterocycles. The lowest BCUT2D eigenvalue weighted by Gasteiger charge is -2.32. The molecule has 0 aromatic carbocycles. The van der Waals surface area contributed by atoms with Crippen LogP contribution in [0.25, 0.3) is 0 Å². The molecule has 1 atom stereocenters. The Morgan fingerprint density at radius 1 is 1.53 bits per heavy atom. The summed E-state index contributed by atoms with van der Waals surface area (Å²) in [6.45, 7) is 9.23. The number of thiazole rings is 1. The Morgan fingerprint density at radius 2 is 2.16 bits per heavy atom. The maximum absolute atomic E-state index is 12.2.